The number of methoxy groups -OCH3 is 1. The number of nitrogens with one attached hydrogen (secondary N) is 2. The summed E-state index contributed by atoms with van der Waals surface area (Å²) in [5.74, 6) is 1.69. The largest absolute Gasteiger partial charge is 0.495 e. The van der Waals surface area contributed by atoms with Gasteiger partial charge in [0, 0.05) is 43.1 Å². The van der Waals surface area contributed by atoms with Crippen LogP contribution in [0.1, 0.15) is 13.3 Å². The summed E-state index contributed by atoms with van der Waals surface area (Å²) in [7, 11) is 1.69. The van der Waals surface area contributed by atoms with Gasteiger partial charge in [-0.2, -0.15) is 5.10 Å². The summed E-state index contributed by atoms with van der Waals surface area (Å²) in [5.41, 5.74) is 1.04. The van der Waals surface area contributed by atoms with Crippen LogP contribution in [0, 0.1) is 0 Å². The van der Waals surface area contributed by atoms with Crippen molar-refractivity contribution in [3.05, 3.63) is 41.7 Å². The Morgan fingerprint density at radius 3 is 3.00 bits per heavy atom. The van der Waals surface area contributed by atoms with Crippen molar-refractivity contribution in [2.24, 2.45) is 4.99 Å². The minimum Gasteiger partial charge on any atom is -0.495 e. The van der Waals surface area contributed by atoms with Gasteiger partial charge in [-0.1, -0.05) is 11.6 Å². The molecule has 1 aromatic heterocycles. The van der Waals surface area contributed by atoms with E-state index in [-0.39, 0.29) is 24.0 Å². The van der Waals surface area contributed by atoms with Gasteiger partial charge in [-0.25, -0.2) is 0 Å². The van der Waals surface area contributed by atoms with Crippen LogP contribution >= 0.6 is 35.6 Å². The maximum Gasteiger partial charge on any atom is 0.191 e. The second kappa shape index (κ2) is 11.4. The summed E-state index contributed by atoms with van der Waals surface area (Å²) in [4.78, 5) is 6.97. The van der Waals surface area contributed by atoms with Gasteiger partial charge in [0.1, 0.15) is 5.75 Å². The second-order valence-electron chi connectivity index (χ2n) is 6.42. The minimum atomic E-state index is 0. The number of hydrogen-bond acceptors (Lipinski definition) is 4. The van der Waals surface area contributed by atoms with Crippen molar-refractivity contribution in [1.29, 1.82) is 0 Å². The van der Waals surface area contributed by atoms with Crippen molar-refractivity contribution < 1.29 is 4.74 Å². The molecule has 1 saturated heterocycles. The van der Waals surface area contributed by atoms with Gasteiger partial charge in [0.2, 0.25) is 0 Å². The van der Waals surface area contributed by atoms with Crippen molar-refractivity contribution >= 4 is 47.2 Å². The van der Waals surface area contributed by atoms with Crippen LogP contribution in [-0.2, 0) is 6.54 Å². The van der Waals surface area contributed by atoms with E-state index in [1.165, 1.54) is 0 Å². The normalized spacial score (nSPS) is 16.6. The van der Waals surface area contributed by atoms with E-state index in [0.717, 1.165) is 55.0 Å². The molecule has 154 valence electrons. The van der Waals surface area contributed by atoms with Crippen LogP contribution in [0.2, 0.25) is 5.02 Å². The van der Waals surface area contributed by atoms with Crippen molar-refractivity contribution in [2.45, 2.75) is 25.9 Å². The molecule has 1 aromatic carbocycles. The van der Waals surface area contributed by atoms with Crippen LogP contribution in [0.15, 0.2) is 41.7 Å². The number of aliphatic imine (C=N–C) groups is 1. The Kier molecular flexibility index (Phi) is 9.17. The molecule has 28 heavy (non-hydrogen) atoms. The Balaban J connectivity index is 0.00000280. The molecular formula is C19H28ClIN6O. The van der Waals surface area contributed by atoms with Gasteiger partial charge in [-0.05, 0) is 37.6 Å². The molecule has 1 aliphatic rings. The average molecular weight is 519 g/mol. The zero-order valence-corrected chi connectivity index (χ0v) is 19.4. The third kappa shape index (κ3) is 6.16. The third-order valence-corrected chi connectivity index (χ3v) is 4.75. The van der Waals surface area contributed by atoms with Crippen LogP contribution in [0.25, 0.3) is 0 Å². The molecule has 2 aromatic rings. The SMILES string of the molecule is CCNC(=NCCn1cccn1)NC1CCN(c2cc(Cl)ccc2OC)C1.I. The number of benzene rings is 1. The van der Waals surface area contributed by atoms with Crippen molar-refractivity contribution in [1.82, 2.24) is 20.4 Å². The number of nitrogens with zero attached hydrogens (tertiary/aromatic N) is 4. The molecule has 0 amide bonds. The van der Waals surface area contributed by atoms with Crippen molar-refractivity contribution in [2.75, 3.05) is 38.2 Å². The van der Waals surface area contributed by atoms with E-state index >= 15 is 0 Å². The Bertz CT molecular complexity index is 755. The zero-order chi connectivity index (χ0) is 19.1. The standard InChI is InChI=1S/C19H27ClN6O.HI/c1-3-21-19(22-9-12-26-10-4-8-23-26)24-16-7-11-25(14-16)17-13-15(20)5-6-18(17)27-2;/h4-6,8,10,13,16H,3,7,9,11-12,14H2,1-2H3,(H2,21,22,24);1H. The Labute approximate surface area is 188 Å². The topological polar surface area (TPSA) is 66.7 Å². The first-order valence-corrected chi connectivity index (χ1v) is 9.68. The van der Waals surface area contributed by atoms with Gasteiger partial charge in [-0.3, -0.25) is 9.67 Å². The quantitative estimate of drug-likeness (QED) is 0.335. The first-order chi connectivity index (χ1) is 13.2. The van der Waals surface area contributed by atoms with E-state index in [1.807, 2.05) is 35.1 Å². The highest BCUT2D eigenvalue weighted by Gasteiger charge is 2.25. The lowest BCUT2D eigenvalue weighted by atomic mass is 10.2. The molecule has 1 fully saturated rings. The van der Waals surface area contributed by atoms with Gasteiger partial charge >= 0.3 is 0 Å². The summed E-state index contributed by atoms with van der Waals surface area (Å²) < 4.78 is 7.38. The van der Waals surface area contributed by atoms with Crippen LogP contribution in [0.4, 0.5) is 5.69 Å². The number of guanidine groups is 1. The van der Waals surface area contributed by atoms with Crippen LogP contribution in [0.3, 0.4) is 0 Å². The minimum absolute atomic E-state index is 0. The van der Waals surface area contributed by atoms with Gasteiger partial charge < -0.3 is 20.3 Å². The number of hydrogen-bond donors (Lipinski definition) is 2. The Hall–Kier alpha value is -1.68. The summed E-state index contributed by atoms with van der Waals surface area (Å²) in [6.07, 6.45) is 4.76. The van der Waals surface area contributed by atoms with Gasteiger partial charge in [0.05, 0.1) is 25.9 Å². The fraction of sp³-hybridized carbons (Fsp3) is 0.474. The van der Waals surface area contributed by atoms with Gasteiger partial charge in [0.15, 0.2) is 5.96 Å². The number of anilines is 1. The number of halogens is 2. The molecule has 1 aliphatic heterocycles. The molecule has 0 radical (unpaired) electrons. The maximum absolute atomic E-state index is 6.18. The summed E-state index contributed by atoms with van der Waals surface area (Å²) in [5, 5.41) is 11.8. The van der Waals surface area contributed by atoms with Crippen LogP contribution < -0.4 is 20.3 Å². The van der Waals surface area contributed by atoms with E-state index in [1.54, 1.807) is 13.3 Å². The molecule has 1 unspecified atom stereocenters. The number of ether oxygens (including phenoxy) is 1. The van der Waals surface area contributed by atoms with Crippen molar-refractivity contribution in [3.63, 3.8) is 0 Å². The third-order valence-electron chi connectivity index (χ3n) is 4.51. The predicted molar refractivity (Wildman–Crippen MR) is 125 cm³/mol. The van der Waals surface area contributed by atoms with Crippen LogP contribution in [0.5, 0.6) is 5.75 Å². The Morgan fingerprint density at radius 2 is 2.29 bits per heavy atom. The first kappa shape index (κ1) is 22.6. The predicted octanol–water partition coefficient (Wildman–Crippen LogP) is 3.00. The van der Waals surface area contributed by atoms with E-state index < -0.39 is 0 Å². The van der Waals surface area contributed by atoms with Crippen LogP contribution in [-0.4, -0.2) is 55.1 Å². The van der Waals surface area contributed by atoms with Gasteiger partial charge in [-0.15, -0.1) is 24.0 Å². The summed E-state index contributed by atoms with van der Waals surface area (Å²) >= 11 is 6.18. The number of rotatable bonds is 7. The van der Waals surface area contributed by atoms with E-state index in [0.29, 0.717) is 12.6 Å². The van der Waals surface area contributed by atoms with Crippen molar-refractivity contribution in [3.8, 4) is 5.75 Å². The van der Waals surface area contributed by atoms with E-state index in [9.17, 15) is 0 Å². The molecule has 9 heteroatoms. The molecule has 2 heterocycles. The molecule has 0 aliphatic carbocycles. The molecule has 0 spiro atoms. The highest BCUT2D eigenvalue weighted by atomic mass is 127. The molecule has 0 saturated carbocycles. The second-order valence-corrected chi connectivity index (χ2v) is 6.86. The highest BCUT2D eigenvalue weighted by Crippen LogP contribution is 2.33. The van der Waals surface area contributed by atoms with E-state index in [4.69, 9.17) is 16.3 Å². The molecule has 1 atom stereocenters. The van der Waals surface area contributed by atoms with E-state index in [2.05, 4.69) is 32.5 Å². The molecule has 0 bridgehead atoms. The highest BCUT2D eigenvalue weighted by molar-refractivity contribution is 14.0. The Morgan fingerprint density at radius 1 is 1.43 bits per heavy atom. The average Bonchev–Trinajstić information content (AvgIpc) is 3.34. The molecular weight excluding hydrogens is 491 g/mol. The fourth-order valence-electron chi connectivity index (χ4n) is 3.22. The fourth-order valence-corrected chi connectivity index (χ4v) is 3.38. The molecule has 3 rings (SSSR count). The molecule has 2 N–H and O–H groups in total. The lowest BCUT2D eigenvalue weighted by Gasteiger charge is -2.22. The summed E-state index contributed by atoms with van der Waals surface area (Å²) in [6.45, 7) is 6.16. The number of aromatic nitrogens is 2. The zero-order valence-electron chi connectivity index (χ0n) is 16.3. The molecule has 7 nitrogen and oxygen atoms in total. The monoisotopic (exact) mass is 518 g/mol. The smallest absolute Gasteiger partial charge is 0.191 e. The maximum atomic E-state index is 6.18. The summed E-state index contributed by atoms with van der Waals surface area (Å²) in [6, 6.07) is 7.97. The lowest BCUT2D eigenvalue weighted by molar-refractivity contribution is 0.415. The lowest BCUT2D eigenvalue weighted by Crippen LogP contribution is -2.44. The first-order valence-electron chi connectivity index (χ1n) is 9.30. The van der Waals surface area contributed by atoms with Gasteiger partial charge in [0.25, 0.3) is 0 Å².